The molecule has 1 aromatic heterocycles. The number of nitrogens with one attached hydrogen (secondary N) is 2. The molecule has 0 aliphatic heterocycles. The van der Waals surface area contributed by atoms with Crippen molar-refractivity contribution < 1.29 is 9.18 Å². The highest BCUT2D eigenvalue weighted by Gasteiger charge is 2.07. The number of amides is 1. The second-order valence-electron chi connectivity index (χ2n) is 5.72. The molecule has 0 saturated carbocycles. The number of hydrogen-bond donors (Lipinski definition) is 2. The van der Waals surface area contributed by atoms with E-state index in [0.29, 0.717) is 23.6 Å². The highest BCUT2D eigenvalue weighted by atomic mass is 19.1. The molecular formula is C20H18FN3O. The Morgan fingerprint density at radius 3 is 2.60 bits per heavy atom. The Kier molecular flexibility index (Phi) is 5.04. The largest absolute Gasteiger partial charge is 0.354 e. The molecule has 25 heavy (non-hydrogen) atoms. The summed E-state index contributed by atoms with van der Waals surface area (Å²) in [6, 6.07) is 17.4. The molecule has 1 amide bonds. The molecule has 3 aromatic rings. The van der Waals surface area contributed by atoms with E-state index < -0.39 is 0 Å². The zero-order valence-electron chi connectivity index (χ0n) is 13.8. The number of carbonyl (C=O) groups is 1. The molecule has 2 N–H and O–H groups in total. The zero-order chi connectivity index (χ0) is 17.6. The van der Waals surface area contributed by atoms with E-state index in [-0.39, 0.29) is 11.7 Å². The van der Waals surface area contributed by atoms with E-state index in [0.717, 1.165) is 11.1 Å². The van der Waals surface area contributed by atoms with Crippen LogP contribution in [-0.2, 0) is 11.2 Å². The lowest BCUT2D eigenvalue weighted by atomic mass is 10.1. The highest BCUT2D eigenvalue weighted by Crippen LogP contribution is 2.18. The van der Waals surface area contributed by atoms with Gasteiger partial charge >= 0.3 is 0 Å². The average Bonchev–Trinajstić information content (AvgIpc) is 2.59. The van der Waals surface area contributed by atoms with Crippen LogP contribution in [0.5, 0.6) is 0 Å². The van der Waals surface area contributed by atoms with Crippen LogP contribution in [0.2, 0.25) is 0 Å². The van der Waals surface area contributed by atoms with Gasteiger partial charge < -0.3 is 10.6 Å². The molecule has 0 bridgehead atoms. The van der Waals surface area contributed by atoms with Crippen molar-refractivity contribution in [1.29, 1.82) is 0 Å². The summed E-state index contributed by atoms with van der Waals surface area (Å²) >= 11 is 0. The minimum absolute atomic E-state index is 0.118. The van der Waals surface area contributed by atoms with Crippen molar-refractivity contribution in [3.63, 3.8) is 0 Å². The third-order valence-electron chi connectivity index (χ3n) is 3.76. The van der Waals surface area contributed by atoms with Gasteiger partial charge in [0.15, 0.2) is 0 Å². The van der Waals surface area contributed by atoms with Crippen molar-refractivity contribution in [3.8, 4) is 0 Å². The minimum atomic E-state index is -0.307. The number of halogens is 1. The Labute approximate surface area is 145 Å². The van der Waals surface area contributed by atoms with E-state index in [1.807, 2.05) is 31.2 Å². The summed E-state index contributed by atoms with van der Waals surface area (Å²) in [5.74, 6) is 0.0501. The van der Waals surface area contributed by atoms with Gasteiger partial charge in [-0.1, -0.05) is 30.3 Å². The van der Waals surface area contributed by atoms with Crippen LogP contribution in [0, 0.1) is 12.7 Å². The normalized spacial score (nSPS) is 10.3. The van der Waals surface area contributed by atoms with Crippen molar-refractivity contribution in [2.75, 3.05) is 10.6 Å². The first kappa shape index (κ1) is 16.6. The molecule has 0 radical (unpaired) electrons. The fourth-order valence-electron chi connectivity index (χ4n) is 2.44. The van der Waals surface area contributed by atoms with Crippen LogP contribution in [0.1, 0.15) is 11.1 Å². The third-order valence-corrected chi connectivity index (χ3v) is 3.76. The van der Waals surface area contributed by atoms with Crippen molar-refractivity contribution in [2.45, 2.75) is 13.3 Å². The summed E-state index contributed by atoms with van der Waals surface area (Å²) in [5.41, 5.74) is 3.42. The number of anilines is 3. The predicted molar refractivity (Wildman–Crippen MR) is 97.4 cm³/mol. The van der Waals surface area contributed by atoms with Gasteiger partial charge in [0.25, 0.3) is 0 Å². The first-order valence-electron chi connectivity index (χ1n) is 7.93. The maximum Gasteiger partial charge on any atom is 0.229 e. The van der Waals surface area contributed by atoms with E-state index in [1.165, 1.54) is 12.1 Å². The van der Waals surface area contributed by atoms with E-state index >= 15 is 0 Å². The monoisotopic (exact) mass is 335 g/mol. The number of hydrogen-bond acceptors (Lipinski definition) is 3. The Hall–Kier alpha value is -3.21. The molecular weight excluding hydrogens is 317 g/mol. The van der Waals surface area contributed by atoms with Crippen LogP contribution in [0.15, 0.2) is 66.9 Å². The average molecular weight is 335 g/mol. The molecule has 0 fully saturated rings. The third kappa shape index (κ3) is 4.64. The molecule has 126 valence electrons. The van der Waals surface area contributed by atoms with Gasteiger partial charge in [-0.3, -0.25) is 4.79 Å². The fourth-order valence-corrected chi connectivity index (χ4v) is 2.44. The topological polar surface area (TPSA) is 54.0 Å². The van der Waals surface area contributed by atoms with Gasteiger partial charge in [-0.15, -0.1) is 0 Å². The number of aryl methyl sites for hydroxylation is 1. The number of rotatable bonds is 5. The van der Waals surface area contributed by atoms with Crippen molar-refractivity contribution in [3.05, 3.63) is 83.8 Å². The van der Waals surface area contributed by atoms with E-state index in [2.05, 4.69) is 15.6 Å². The molecule has 0 spiro atoms. The van der Waals surface area contributed by atoms with Gasteiger partial charge in [-0.25, -0.2) is 9.37 Å². The van der Waals surface area contributed by atoms with Gasteiger partial charge in [-0.2, -0.15) is 0 Å². The number of pyridine rings is 1. The van der Waals surface area contributed by atoms with Gasteiger partial charge in [0.05, 0.1) is 18.3 Å². The van der Waals surface area contributed by atoms with E-state index in [1.54, 1.807) is 30.5 Å². The lowest BCUT2D eigenvalue weighted by molar-refractivity contribution is -0.115. The SMILES string of the molecule is Cc1ccccc1CC(=O)Nc1ccc(Nc2cccc(F)c2)cn1. The van der Waals surface area contributed by atoms with Crippen LogP contribution in [0.25, 0.3) is 0 Å². The number of carbonyl (C=O) groups excluding carboxylic acids is 1. The molecule has 0 atom stereocenters. The summed E-state index contributed by atoms with van der Waals surface area (Å²) < 4.78 is 13.2. The molecule has 1 heterocycles. The van der Waals surface area contributed by atoms with Gasteiger partial charge in [0, 0.05) is 5.69 Å². The number of nitrogens with zero attached hydrogens (tertiary/aromatic N) is 1. The fraction of sp³-hybridized carbons (Fsp3) is 0.100. The standard InChI is InChI=1S/C20H18FN3O/c1-14-5-2-3-6-15(14)11-20(25)24-19-10-9-18(13-22-19)23-17-8-4-7-16(21)12-17/h2-10,12-13,23H,11H2,1H3,(H,22,24,25). The molecule has 0 aliphatic carbocycles. The Morgan fingerprint density at radius 1 is 1.04 bits per heavy atom. The summed E-state index contributed by atoms with van der Waals surface area (Å²) in [7, 11) is 0. The second kappa shape index (κ2) is 7.57. The molecule has 0 unspecified atom stereocenters. The molecule has 4 nitrogen and oxygen atoms in total. The minimum Gasteiger partial charge on any atom is -0.354 e. The lowest BCUT2D eigenvalue weighted by Gasteiger charge is -2.09. The summed E-state index contributed by atoms with van der Waals surface area (Å²) in [6.45, 7) is 1.98. The molecule has 0 aliphatic rings. The first-order valence-corrected chi connectivity index (χ1v) is 7.93. The summed E-state index contributed by atoms with van der Waals surface area (Å²) in [5, 5.41) is 5.84. The van der Waals surface area contributed by atoms with E-state index in [4.69, 9.17) is 0 Å². The van der Waals surface area contributed by atoms with Crippen LogP contribution < -0.4 is 10.6 Å². The summed E-state index contributed by atoms with van der Waals surface area (Å²) in [6.07, 6.45) is 1.89. The zero-order valence-corrected chi connectivity index (χ0v) is 13.8. The Bertz CT molecular complexity index is 878. The molecule has 3 rings (SSSR count). The van der Waals surface area contributed by atoms with Crippen LogP contribution in [0.4, 0.5) is 21.6 Å². The summed E-state index contributed by atoms with van der Waals surface area (Å²) in [4.78, 5) is 16.4. The second-order valence-corrected chi connectivity index (χ2v) is 5.72. The van der Waals surface area contributed by atoms with Crippen molar-refractivity contribution >= 4 is 23.1 Å². The van der Waals surface area contributed by atoms with Gasteiger partial charge in [0.2, 0.25) is 5.91 Å². The highest BCUT2D eigenvalue weighted by molar-refractivity contribution is 5.91. The smallest absolute Gasteiger partial charge is 0.229 e. The number of aromatic nitrogens is 1. The number of benzene rings is 2. The maximum atomic E-state index is 13.2. The van der Waals surface area contributed by atoms with Gasteiger partial charge in [-0.05, 0) is 48.4 Å². The van der Waals surface area contributed by atoms with Crippen molar-refractivity contribution in [2.24, 2.45) is 0 Å². The maximum absolute atomic E-state index is 13.2. The van der Waals surface area contributed by atoms with Crippen LogP contribution in [-0.4, -0.2) is 10.9 Å². The first-order chi connectivity index (χ1) is 12.1. The van der Waals surface area contributed by atoms with Crippen molar-refractivity contribution in [1.82, 2.24) is 4.98 Å². The quantitative estimate of drug-likeness (QED) is 0.724. The molecule has 5 heteroatoms. The van der Waals surface area contributed by atoms with Crippen LogP contribution >= 0.6 is 0 Å². The van der Waals surface area contributed by atoms with Crippen LogP contribution in [0.3, 0.4) is 0 Å². The Morgan fingerprint density at radius 2 is 1.88 bits per heavy atom. The lowest BCUT2D eigenvalue weighted by Crippen LogP contribution is -2.15. The molecule has 0 saturated heterocycles. The van der Waals surface area contributed by atoms with E-state index in [9.17, 15) is 9.18 Å². The molecule has 2 aromatic carbocycles. The predicted octanol–water partition coefficient (Wildman–Crippen LogP) is 4.45. The van der Waals surface area contributed by atoms with Gasteiger partial charge in [0.1, 0.15) is 11.6 Å². The Balaban J connectivity index is 1.60.